The van der Waals surface area contributed by atoms with Crippen LogP contribution in [-0.4, -0.2) is 45.5 Å². The predicted molar refractivity (Wildman–Crippen MR) is 102 cm³/mol. The molecular formula is C20H23N3O3. The lowest BCUT2D eigenvalue weighted by Crippen LogP contribution is -2.36. The molecule has 0 saturated carbocycles. The van der Waals surface area contributed by atoms with Crippen LogP contribution in [0.25, 0.3) is 0 Å². The second kappa shape index (κ2) is 8.49. The van der Waals surface area contributed by atoms with Gasteiger partial charge in [0, 0.05) is 36.0 Å². The van der Waals surface area contributed by atoms with E-state index in [1.807, 2.05) is 37.3 Å². The monoisotopic (exact) mass is 353 g/mol. The van der Waals surface area contributed by atoms with E-state index in [2.05, 4.69) is 15.4 Å². The fourth-order valence-corrected chi connectivity index (χ4v) is 2.75. The number of nitrogens with one attached hydrogen (secondary N) is 1. The molecule has 0 radical (unpaired) electrons. The van der Waals surface area contributed by atoms with Crippen LogP contribution >= 0.6 is 0 Å². The van der Waals surface area contributed by atoms with E-state index in [-0.39, 0.29) is 5.91 Å². The maximum absolute atomic E-state index is 12.1. The van der Waals surface area contributed by atoms with Crippen LogP contribution in [0.3, 0.4) is 0 Å². The van der Waals surface area contributed by atoms with Crippen molar-refractivity contribution in [3.05, 3.63) is 59.2 Å². The molecule has 136 valence electrons. The zero-order valence-electron chi connectivity index (χ0n) is 15.1. The minimum atomic E-state index is -0.245. The molecular weight excluding hydrogens is 330 g/mol. The number of methoxy groups -OCH3 is 1. The number of nitrogens with zero attached hydrogens (tertiary/aromatic N) is 2. The molecule has 1 heterocycles. The van der Waals surface area contributed by atoms with Crippen molar-refractivity contribution >= 4 is 17.8 Å². The van der Waals surface area contributed by atoms with E-state index in [0.717, 1.165) is 43.1 Å². The van der Waals surface area contributed by atoms with Gasteiger partial charge >= 0.3 is 0 Å². The number of carbonyl (C=O) groups is 1. The van der Waals surface area contributed by atoms with Gasteiger partial charge in [-0.3, -0.25) is 4.79 Å². The van der Waals surface area contributed by atoms with Crippen molar-refractivity contribution in [2.45, 2.75) is 6.92 Å². The molecule has 1 aliphatic rings. The van der Waals surface area contributed by atoms with E-state index in [4.69, 9.17) is 9.47 Å². The summed E-state index contributed by atoms with van der Waals surface area (Å²) in [5.74, 6) is 0.465. The van der Waals surface area contributed by atoms with Crippen LogP contribution in [0.5, 0.6) is 5.75 Å². The van der Waals surface area contributed by atoms with Gasteiger partial charge in [-0.25, -0.2) is 5.43 Å². The Labute approximate surface area is 153 Å². The fraction of sp³-hybridized carbons (Fsp3) is 0.300. The van der Waals surface area contributed by atoms with Gasteiger partial charge in [-0.2, -0.15) is 5.10 Å². The molecule has 0 aromatic heterocycles. The molecule has 0 aliphatic carbocycles. The zero-order valence-corrected chi connectivity index (χ0v) is 15.1. The number of hydrazone groups is 1. The van der Waals surface area contributed by atoms with Crippen molar-refractivity contribution in [1.29, 1.82) is 0 Å². The number of carbonyl (C=O) groups excluding carboxylic acids is 1. The number of morpholine rings is 1. The van der Waals surface area contributed by atoms with E-state index >= 15 is 0 Å². The van der Waals surface area contributed by atoms with Gasteiger partial charge in [0.05, 0.1) is 26.5 Å². The Morgan fingerprint density at radius 1 is 1.19 bits per heavy atom. The summed E-state index contributed by atoms with van der Waals surface area (Å²) in [6.07, 6.45) is 1.59. The lowest BCUT2D eigenvalue weighted by molar-refractivity contribution is 0.0955. The first-order valence-corrected chi connectivity index (χ1v) is 8.58. The van der Waals surface area contributed by atoms with E-state index in [1.165, 1.54) is 0 Å². The molecule has 1 saturated heterocycles. The molecule has 2 aromatic carbocycles. The quantitative estimate of drug-likeness (QED) is 0.663. The van der Waals surface area contributed by atoms with Gasteiger partial charge in [-0.1, -0.05) is 17.7 Å². The smallest absolute Gasteiger partial charge is 0.271 e. The lowest BCUT2D eigenvalue weighted by atomic mass is 10.1. The summed E-state index contributed by atoms with van der Waals surface area (Å²) in [6, 6.07) is 13.3. The highest BCUT2D eigenvalue weighted by molar-refractivity contribution is 5.95. The Hall–Kier alpha value is -2.86. The Bertz CT molecular complexity index is 781. The van der Waals surface area contributed by atoms with Gasteiger partial charge < -0.3 is 14.4 Å². The zero-order chi connectivity index (χ0) is 18.4. The molecule has 1 amide bonds. The minimum absolute atomic E-state index is 0.245. The summed E-state index contributed by atoms with van der Waals surface area (Å²) in [7, 11) is 1.63. The van der Waals surface area contributed by atoms with Gasteiger partial charge in [-0.15, -0.1) is 0 Å². The van der Waals surface area contributed by atoms with Gasteiger partial charge in [0.15, 0.2) is 0 Å². The van der Waals surface area contributed by atoms with Crippen molar-refractivity contribution in [2.24, 2.45) is 5.10 Å². The van der Waals surface area contributed by atoms with Gasteiger partial charge in [0.1, 0.15) is 5.75 Å². The highest BCUT2D eigenvalue weighted by Crippen LogP contribution is 2.25. The minimum Gasteiger partial charge on any atom is -0.496 e. The summed E-state index contributed by atoms with van der Waals surface area (Å²) in [5, 5.41) is 4.05. The first-order chi connectivity index (χ1) is 12.7. The predicted octanol–water partition coefficient (Wildman–Crippen LogP) is 2.60. The largest absolute Gasteiger partial charge is 0.496 e. The molecule has 26 heavy (non-hydrogen) atoms. The third-order valence-electron chi connectivity index (χ3n) is 4.28. The standard InChI is InChI=1S/C20H23N3O3/c1-15-3-5-16(6-4-15)20(24)22-21-14-17-7-8-18(13-19(17)25-2)23-9-11-26-12-10-23/h3-8,13-14H,9-12H2,1-2H3,(H,22,24)/b21-14-. The van der Waals surface area contributed by atoms with Crippen LogP contribution in [0.4, 0.5) is 5.69 Å². The van der Waals surface area contributed by atoms with E-state index in [0.29, 0.717) is 11.3 Å². The Morgan fingerprint density at radius 2 is 1.92 bits per heavy atom. The molecule has 6 nitrogen and oxygen atoms in total. The number of aryl methyl sites for hydroxylation is 1. The van der Waals surface area contributed by atoms with E-state index in [1.54, 1.807) is 25.5 Å². The first-order valence-electron chi connectivity index (χ1n) is 8.58. The third-order valence-corrected chi connectivity index (χ3v) is 4.28. The average molecular weight is 353 g/mol. The normalized spacial score (nSPS) is 14.5. The number of amides is 1. The van der Waals surface area contributed by atoms with Crippen LogP contribution in [0, 0.1) is 6.92 Å². The molecule has 1 N–H and O–H groups in total. The molecule has 0 bridgehead atoms. The average Bonchev–Trinajstić information content (AvgIpc) is 2.69. The van der Waals surface area contributed by atoms with Gasteiger partial charge in [0.2, 0.25) is 0 Å². The highest BCUT2D eigenvalue weighted by Gasteiger charge is 2.13. The number of benzene rings is 2. The molecule has 0 unspecified atom stereocenters. The van der Waals surface area contributed by atoms with Crippen molar-refractivity contribution < 1.29 is 14.3 Å². The molecule has 0 spiro atoms. The summed E-state index contributed by atoms with van der Waals surface area (Å²) in [5.41, 5.74) is 6.11. The van der Waals surface area contributed by atoms with Crippen LogP contribution < -0.4 is 15.1 Å². The maximum Gasteiger partial charge on any atom is 0.271 e. The second-order valence-corrected chi connectivity index (χ2v) is 6.09. The van der Waals surface area contributed by atoms with E-state index in [9.17, 15) is 4.79 Å². The fourth-order valence-electron chi connectivity index (χ4n) is 2.75. The Kier molecular flexibility index (Phi) is 5.86. The topological polar surface area (TPSA) is 63.2 Å². The summed E-state index contributed by atoms with van der Waals surface area (Å²) >= 11 is 0. The number of rotatable bonds is 5. The number of hydrogen-bond donors (Lipinski definition) is 1. The molecule has 1 fully saturated rings. The van der Waals surface area contributed by atoms with Crippen LogP contribution in [0.15, 0.2) is 47.6 Å². The van der Waals surface area contributed by atoms with Crippen LogP contribution in [0.2, 0.25) is 0 Å². The lowest BCUT2D eigenvalue weighted by Gasteiger charge is -2.29. The molecule has 0 atom stereocenters. The number of anilines is 1. The van der Waals surface area contributed by atoms with Crippen LogP contribution in [0.1, 0.15) is 21.5 Å². The van der Waals surface area contributed by atoms with Crippen molar-refractivity contribution in [1.82, 2.24) is 5.43 Å². The van der Waals surface area contributed by atoms with Crippen molar-refractivity contribution in [3.8, 4) is 5.75 Å². The molecule has 2 aromatic rings. The SMILES string of the molecule is COc1cc(N2CCOCC2)ccc1/C=N\NC(=O)c1ccc(C)cc1. The second-order valence-electron chi connectivity index (χ2n) is 6.09. The molecule has 1 aliphatic heterocycles. The Morgan fingerprint density at radius 3 is 2.62 bits per heavy atom. The highest BCUT2D eigenvalue weighted by atomic mass is 16.5. The summed E-state index contributed by atoms with van der Waals surface area (Å²) in [4.78, 5) is 14.3. The maximum atomic E-state index is 12.1. The number of hydrogen-bond acceptors (Lipinski definition) is 5. The molecule has 6 heteroatoms. The summed E-state index contributed by atoms with van der Waals surface area (Å²) in [6.45, 7) is 5.17. The van der Waals surface area contributed by atoms with Gasteiger partial charge in [0.25, 0.3) is 5.91 Å². The van der Waals surface area contributed by atoms with Crippen LogP contribution in [-0.2, 0) is 4.74 Å². The third kappa shape index (κ3) is 4.40. The van der Waals surface area contributed by atoms with Gasteiger partial charge in [-0.05, 0) is 31.2 Å². The van der Waals surface area contributed by atoms with E-state index < -0.39 is 0 Å². The van der Waals surface area contributed by atoms with Crippen molar-refractivity contribution in [2.75, 3.05) is 38.3 Å². The first kappa shape index (κ1) is 17.9. The van der Waals surface area contributed by atoms with Crippen molar-refractivity contribution in [3.63, 3.8) is 0 Å². The number of ether oxygens (including phenoxy) is 2. The molecule has 3 rings (SSSR count). The Balaban J connectivity index is 1.67. The summed E-state index contributed by atoms with van der Waals surface area (Å²) < 4.78 is 10.9.